The SMILES string of the molecule is O=C1OC(=O)[C@@H]2C[C@@H](Cl)C=C[C@H]12. The highest BCUT2D eigenvalue weighted by molar-refractivity contribution is 6.22. The monoisotopic (exact) mass is 186 g/mol. The molecule has 0 aromatic heterocycles. The summed E-state index contributed by atoms with van der Waals surface area (Å²) >= 11 is 5.79. The Kier molecular flexibility index (Phi) is 1.68. The Morgan fingerprint density at radius 2 is 2.08 bits per heavy atom. The van der Waals surface area contributed by atoms with Crippen molar-refractivity contribution in [3.63, 3.8) is 0 Å². The summed E-state index contributed by atoms with van der Waals surface area (Å²) in [5.41, 5.74) is 0. The molecular weight excluding hydrogens is 180 g/mol. The molecule has 2 aliphatic rings. The van der Waals surface area contributed by atoms with E-state index in [2.05, 4.69) is 4.74 Å². The minimum absolute atomic E-state index is 0.148. The molecule has 0 unspecified atom stereocenters. The normalized spacial score (nSPS) is 39.6. The van der Waals surface area contributed by atoms with Crippen molar-refractivity contribution in [2.24, 2.45) is 11.8 Å². The third-order valence-electron chi connectivity index (χ3n) is 2.22. The van der Waals surface area contributed by atoms with Gasteiger partial charge in [0.1, 0.15) is 0 Å². The third kappa shape index (κ3) is 1.05. The van der Waals surface area contributed by atoms with Crippen LogP contribution in [0.1, 0.15) is 6.42 Å². The maximum atomic E-state index is 11.0. The van der Waals surface area contributed by atoms with Gasteiger partial charge in [0.15, 0.2) is 0 Å². The summed E-state index contributed by atoms with van der Waals surface area (Å²) < 4.78 is 4.47. The number of allylic oxidation sites excluding steroid dienone is 1. The smallest absolute Gasteiger partial charge is 0.321 e. The number of esters is 2. The topological polar surface area (TPSA) is 43.4 Å². The molecule has 4 heteroatoms. The first-order valence-corrected chi connectivity index (χ1v) is 4.20. The van der Waals surface area contributed by atoms with Crippen molar-refractivity contribution in [3.05, 3.63) is 12.2 Å². The summed E-state index contributed by atoms with van der Waals surface area (Å²) in [6, 6.07) is 0. The predicted molar refractivity (Wildman–Crippen MR) is 41.5 cm³/mol. The van der Waals surface area contributed by atoms with Crippen LogP contribution in [0.25, 0.3) is 0 Å². The van der Waals surface area contributed by atoms with Crippen LogP contribution < -0.4 is 0 Å². The zero-order chi connectivity index (χ0) is 8.72. The fourth-order valence-electron chi connectivity index (χ4n) is 1.57. The Balaban J connectivity index is 2.29. The van der Waals surface area contributed by atoms with Crippen molar-refractivity contribution < 1.29 is 14.3 Å². The fourth-order valence-corrected chi connectivity index (χ4v) is 1.85. The predicted octanol–water partition coefficient (Wildman–Crippen LogP) is 0.869. The average Bonchev–Trinajstić information content (AvgIpc) is 2.28. The van der Waals surface area contributed by atoms with E-state index < -0.39 is 11.9 Å². The standard InChI is InChI=1S/C8H7ClO3/c9-4-1-2-5-6(3-4)8(11)12-7(5)10/h1-2,4-6H,3H2/t4-,5-,6+/m0/s1. The van der Waals surface area contributed by atoms with Gasteiger partial charge in [0.05, 0.1) is 17.2 Å². The van der Waals surface area contributed by atoms with E-state index in [1.165, 1.54) is 0 Å². The van der Waals surface area contributed by atoms with Gasteiger partial charge < -0.3 is 4.74 Å². The van der Waals surface area contributed by atoms with Crippen LogP contribution in [-0.4, -0.2) is 17.3 Å². The Hall–Kier alpha value is -0.830. The average molecular weight is 187 g/mol. The summed E-state index contributed by atoms with van der Waals surface area (Å²) in [7, 11) is 0. The molecule has 3 atom stereocenters. The Morgan fingerprint density at radius 1 is 1.33 bits per heavy atom. The molecule has 0 N–H and O–H groups in total. The Labute approximate surface area is 74.3 Å². The lowest BCUT2D eigenvalue weighted by Crippen LogP contribution is -2.23. The summed E-state index contributed by atoms with van der Waals surface area (Å²) in [5, 5.41) is -0.148. The molecule has 3 nitrogen and oxygen atoms in total. The lowest BCUT2D eigenvalue weighted by Gasteiger charge is -2.16. The van der Waals surface area contributed by atoms with E-state index >= 15 is 0 Å². The van der Waals surface area contributed by atoms with Crippen molar-refractivity contribution in [3.8, 4) is 0 Å². The quantitative estimate of drug-likeness (QED) is 0.244. The summed E-state index contributed by atoms with van der Waals surface area (Å²) in [4.78, 5) is 22.0. The second-order valence-corrected chi connectivity index (χ2v) is 3.57. The molecule has 0 aromatic rings. The molecule has 1 heterocycles. The third-order valence-corrected chi connectivity index (χ3v) is 2.54. The van der Waals surface area contributed by atoms with E-state index in [0.29, 0.717) is 6.42 Å². The molecule has 1 aliphatic carbocycles. The highest BCUT2D eigenvalue weighted by Crippen LogP contribution is 2.34. The molecule has 2 rings (SSSR count). The number of carbonyl (C=O) groups is 2. The van der Waals surface area contributed by atoms with Gasteiger partial charge in [-0.25, -0.2) is 0 Å². The number of rotatable bonds is 0. The summed E-state index contributed by atoms with van der Waals surface area (Å²) in [6.07, 6.45) is 3.91. The van der Waals surface area contributed by atoms with Gasteiger partial charge in [-0.1, -0.05) is 12.2 Å². The van der Waals surface area contributed by atoms with Gasteiger partial charge in [0.25, 0.3) is 0 Å². The molecule has 0 aromatic carbocycles. The van der Waals surface area contributed by atoms with E-state index in [4.69, 9.17) is 11.6 Å². The molecule has 1 fully saturated rings. The number of fused-ring (bicyclic) bond motifs is 1. The van der Waals surface area contributed by atoms with Crippen molar-refractivity contribution in [2.45, 2.75) is 11.8 Å². The van der Waals surface area contributed by atoms with Gasteiger partial charge in [-0.2, -0.15) is 0 Å². The molecule has 0 radical (unpaired) electrons. The van der Waals surface area contributed by atoms with Crippen LogP contribution in [0, 0.1) is 11.8 Å². The van der Waals surface area contributed by atoms with Crippen molar-refractivity contribution in [1.82, 2.24) is 0 Å². The van der Waals surface area contributed by atoms with Crippen LogP contribution in [0.4, 0.5) is 0 Å². The van der Waals surface area contributed by atoms with Crippen LogP contribution in [0.5, 0.6) is 0 Å². The number of halogens is 1. The van der Waals surface area contributed by atoms with E-state index in [1.54, 1.807) is 12.2 Å². The summed E-state index contributed by atoms with van der Waals surface area (Å²) in [6.45, 7) is 0. The number of cyclic esters (lactones) is 2. The number of hydrogen-bond acceptors (Lipinski definition) is 3. The lowest BCUT2D eigenvalue weighted by molar-refractivity contribution is -0.153. The molecule has 0 spiro atoms. The zero-order valence-corrected chi connectivity index (χ0v) is 6.95. The zero-order valence-electron chi connectivity index (χ0n) is 6.20. The van der Waals surface area contributed by atoms with E-state index in [-0.39, 0.29) is 17.2 Å². The van der Waals surface area contributed by atoms with Gasteiger partial charge in [-0.15, -0.1) is 11.6 Å². The highest BCUT2D eigenvalue weighted by Gasteiger charge is 2.44. The maximum Gasteiger partial charge on any atom is 0.321 e. The molecule has 0 bridgehead atoms. The van der Waals surface area contributed by atoms with Gasteiger partial charge in [0.2, 0.25) is 0 Å². The summed E-state index contributed by atoms with van der Waals surface area (Å²) in [5.74, 6) is -1.60. The molecule has 0 amide bonds. The minimum Gasteiger partial charge on any atom is -0.392 e. The Bertz CT molecular complexity index is 271. The second-order valence-electron chi connectivity index (χ2n) is 3.01. The lowest BCUT2D eigenvalue weighted by atomic mass is 9.86. The van der Waals surface area contributed by atoms with Crippen molar-refractivity contribution >= 4 is 23.5 Å². The van der Waals surface area contributed by atoms with Gasteiger partial charge in [0, 0.05) is 0 Å². The number of ether oxygens (including phenoxy) is 1. The van der Waals surface area contributed by atoms with Crippen LogP contribution in [-0.2, 0) is 14.3 Å². The molecule has 1 aliphatic heterocycles. The fraction of sp³-hybridized carbons (Fsp3) is 0.500. The van der Waals surface area contributed by atoms with Gasteiger partial charge in [-0.3, -0.25) is 9.59 Å². The highest BCUT2D eigenvalue weighted by atomic mass is 35.5. The maximum absolute atomic E-state index is 11.0. The van der Waals surface area contributed by atoms with E-state index in [9.17, 15) is 9.59 Å². The van der Waals surface area contributed by atoms with Crippen LogP contribution in [0.15, 0.2) is 12.2 Å². The molecule has 1 saturated heterocycles. The van der Waals surface area contributed by atoms with Crippen LogP contribution in [0.2, 0.25) is 0 Å². The van der Waals surface area contributed by atoms with Gasteiger partial charge >= 0.3 is 11.9 Å². The molecule has 0 saturated carbocycles. The first-order valence-electron chi connectivity index (χ1n) is 3.76. The number of hydrogen-bond donors (Lipinski definition) is 0. The first-order chi connectivity index (χ1) is 5.68. The van der Waals surface area contributed by atoms with Crippen LogP contribution in [0.3, 0.4) is 0 Å². The molecular formula is C8H7ClO3. The number of alkyl halides is 1. The van der Waals surface area contributed by atoms with E-state index in [1.807, 2.05) is 0 Å². The second kappa shape index (κ2) is 2.59. The largest absolute Gasteiger partial charge is 0.392 e. The van der Waals surface area contributed by atoms with Crippen molar-refractivity contribution in [2.75, 3.05) is 0 Å². The first kappa shape index (κ1) is 7.80. The van der Waals surface area contributed by atoms with E-state index in [0.717, 1.165) is 0 Å². The minimum atomic E-state index is -0.440. The molecule has 64 valence electrons. The molecule has 12 heavy (non-hydrogen) atoms. The van der Waals surface area contributed by atoms with Crippen molar-refractivity contribution in [1.29, 1.82) is 0 Å². The van der Waals surface area contributed by atoms with Crippen LogP contribution >= 0.6 is 11.6 Å². The van der Waals surface area contributed by atoms with Gasteiger partial charge in [-0.05, 0) is 6.42 Å². The Morgan fingerprint density at radius 3 is 2.83 bits per heavy atom. The number of carbonyl (C=O) groups excluding carboxylic acids is 2.